The van der Waals surface area contributed by atoms with Crippen molar-refractivity contribution in [1.82, 2.24) is 4.90 Å². The molecule has 0 aromatic heterocycles. The standard InChI is InChI=1S/C20H24N2O4S/c1-13(2)26-18(23)12-22-19(24)17(27-20(22)25)11-15-6-7-16(10-14(15)3)21-8-4-5-9-21/h6-7,10-11,13H,4-5,8-9,12H2,1-3H3/b17-11-. The van der Waals surface area contributed by atoms with Gasteiger partial charge in [-0.05, 0) is 74.7 Å². The van der Waals surface area contributed by atoms with Crippen molar-refractivity contribution in [3.63, 3.8) is 0 Å². The first kappa shape index (κ1) is 19.5. The van der Waals surface area contributed by atoms with Crippen LogP contribution in [-0.4, -0.2) is 47.8 Å². The Hall–Kier alpha value is -2.28. The molecule has 27 heavy (non-hydrogen) atoms. The van der Waals surface area contributed by atoms with Crippen molar-refractivity contribution in [2.24, 2.45) is 0 Å². The second-order valence-corrected chi connectivity index (χ2v) is 8.03. The molecule has 2 amide bonds. The zero-order valence-corrected chi connectivity index (χ0v) is 16.7. The number of rotatable bonds is 5. The Labute approximate surface area is 163 Å². The van der Waals surface area contributed by atoms with Gasteiger partial charge < -0.3 is 9.64 Å². The number of imide groups is 1. The molecule has 2 heterocycles. The first-order valence-electron chi connectivity index (χ1n) is 9.15. The summed E-state index contributed by atoms with van der Waals surface area (Å²) in [5, 5.41) is -0.446. The Morgan fingerprint density at radius 3 is 2.59 bits per heavy atom. The van der Waals surface area contributed by atoms with Crippen LogP contribution in [0.4, 0.5) is 10.5 Å². The minimum Gasteiger partial charge on any atom is -0.462 e. The Bertz CT molecular complexity index is 797. The predicted molar refractivity (Wildman–Crippen MR) is 107 cm³/mol. The topological polar surface area (TPSA) is 66.9 Å². The second kappa shape index (κ2) is 8.17. The van der Waals surface area contributed by atoms with Gasteiger partial charge in [0.15, 0.2) is 0 Å². The fourth-order valence-electron chi connectivity index (χ4n) is 3.20. The summed E-state index contributed by atoms with van der Waals surface area (Å²) >= 11 is 0.856. The van der Waals surface area contributed by atoms with Crippen LogP contribution in [0, 0.1) is 6.92 Å². The number of thioether (sulfide) groups is 1. The molecule has 6 nitrogen and oxygen atoms in total. The summed E-state index contributed by atoms with van der Waals surface area (Å²) in [6.07, 6.45) is 3.87. The van der Waals surface area contributed by atoms with E-state index in [1.54, 1.807) is 19.9 Å². The van der Waals surface area contributed by atoms with E-state index in [0.29, 0.717) is 4.91 Å². The Morgan fingerprint density at radius 1 is 1.26 bits per heavy atom. The van der Waals surface area contributed by atoms with Gasteiger partial charge in [-0.25, -0.2) is 0 Å². The molecule has 0 N–H and O–H groups in total. The van der Waals surface area contributed by atoms with Crippen molar-refractivity contribution in [1.29, 1.82) is 0 Å². The summed E-state index contributed by atoms with van der Waals surface area (Å²) in [5.74, 6) is -1.03. The van der Waals surface area contributed by atoms with Crippen LogP contribution in [0.2, 0.25) is 0 Å². The lowest BCUT2D eigenvalue weighted by atomic mass is 10.1. The van der Waals surface area contributed by atoms with Crippen molar-refractivity contribution in [2.75, 3.05) is 24.5 Å². The fourth-order valence-corrected chi connectivity index (χ4v) is 4.03. The van der Waals surface area contributed by atoms with Crippen molar-refractivity contribution in [3.05, 3.63) is 34.2 Å². The number of esters is 1. The summed E-state index contributed by atoms with van der Waals surface area (Å²) in [7, 11) is 0. The lowest BCUT2D eigenvalue weighted by Crippen LogP contribution is -2.35. The SMILES string of the molecule is Cc1cc(N2CCCC2)ccc1/C=C1\SC(=O)N(CC(=O)OC(C)C)C1=O. The molecule has 0 aliphatic carbocycles. The molecule has 0 spiro atoms. The van der Waals surface area contributed by atoms with Crippen LogP contribution < -0.4 is 4.90 Å². The molecule has 1 aromatic rings. The summed E-state index contributed by atoms with van der Waals surface area (Å²) in [4.78, 5) is 40.1. The van der Waals surface area contributed by atoms with Gasteiger partial charge in [0.25, 0.3) is 11.1 Å². The van der Waals surface area contributed by atoms with Crippen molar-refractivity contribution < 1.29 is 19.1 Å². The van der Waals surface area contributed by atoms with Gasteiger partial charge in [-0.1, -0.05) is 6.07 Å². The molecule has 7 heteroatoms. The van der Waals surface area contributed by atoms with Gasteiger partial charge in [-0.3, -0.25) is 19.3 Å². The van der Waals surface area contributed by atoms with E-state index < -0.39 is 17.1 Å². The van der Waals surface area contributed by atoms with E-state index in [1.807, 2.05) is 13.0 Å². The summed E-state index contributed by atoms with van der Waals surface area (Å²) in [6, 6.07) is 6.14. The number of carbonyl (C=O) groups is 3. The highest BCUT2D eigenvalue weighted by atomic mass is 32.2. The number of nitrogens with zero attached hydrogens (tertiary/aromatic N) is 2. The zero-order valence-electron chi connectivity index (χ0n) is 15.9. The molecule has 0 atom stereocenters. The van der Waals surface area contributed by atoms with E-state index >= 15 is 0 Å². The first-order chi connectivity index (χ1) is 12.8. The number of aryl methyl sites for hydroxylation is 1. The van der Waals surface area contributed by atoms with Gasteiger partial charge in [-0.15, -0.1) is 0 Å². The lowest BCUT2D eigenvalue weighted by molar-refractivity contribution is -0.149. The smallest absolute Gasteiger partial charge is 0.326 e. The van der Waals surface area contributed by atoms with Crippen molar-refractivity contribution in [2.45, 2.75) is 39.7 Å². The maximum absolute atomic E-state index is 12.5. The fraction of sp³-hybridized carbons (Fsp3) is 0.450. The van der Waals surface area contributed by atoms with Gasteiger partial charge in [0.2, 0.25) is 0 Å². The van der Waals surface area contributed by atoms with Crippen LogP contribution in [0.5, 0.6) is 0 Å². The van der Waals surface area contributed by atoms with E-state index in [1.165, 1.54) is 18.5 Å². The molecule has 2 fully saturated rings. The highest BCUT2D eigenvalue weighted by Crippen LogP contribution is 2.33. The van der Waals surface area contributed by atoms with Gasteiger partial charge in [-0.2, -0.15) is 0 Å². The third-order valence-corrected chi connectivity index (χ3v) is 5.45. The number of carbonyl (C=O) groups excluding carboxylic acids is 3. The normalized spacial score (nSPS) is 18.9. The number of amides is 2. The molecule has 3 rings (SSSR count). The summed E-state index contributed by atoms with van der Waals surface area (Å²) in [5.41, 5.74) is 3.13. The van der Waals surface area contributed by atoms with Gasteiger partial charge in [0.1, 0.15) is 6.54 Å². The van der Waals surface area contributed by atoms with Gasteiger partial charge >= 0.3 is 5.97 Å². The minimum atomic E-state index is -0.584. The van der Waals surface area contributed by atoms with E-state index in [2.05, 4.69) is 17.0 Å². The predicted octanol–water partition coefficient (Wildman–Crippen LogP) is 3.58. The summed E-state index contributed by atoms with van der Waals surface area (Å²) in [6.45, 7) is 7.23. The number of hydrogen-bond donors (Lipinski definition) is 0. The molecule has 2 saturated heterocycles. The van der Waals surface area contributed by atoms with Gasteiger partial charge in [0, 0.05) is 18.8 Å². The number of hydrogen-bond acceptors (Lipinski definition) is 6. The Balaban J connectivity index is 1.74. The molecule has 0 radical (unpaired) electrons. The van der Waals surface area contributed by atoms with E-state index in [-0.39, 0.29) is 12.6 Å². The maximum Gasteiger partial charge on any atom is 0.326 e. The largest absolute Gasteiger partial charge is 0.462 e. The average Bonchev–Trinajstić information content (AvgIpc) is 3.21. The molecule has 2 aliphatic heterocycles. The van der Waals surface area contributed by atoms with Gasteiger partial charge in [0.05, 0.1) is 11.0 Å². The number of benzene rings is 1. The van der Waals surface area contributed by atoms with Crippen LogP contribution in [0.1, 0.15) is 37.8 Å². The quantitative estimate of drug-likeness (QED) is 0.567. The highest BCUT2D eigenvalue weighted by molar-refractivity contribution is 8.18. The van der Waals surface area contributed by atoms with Crippen molar-refractivity contribution >= 4 is 40.6 Å². The second-order valence-electron chi connectivity index (χ2n) is 7.04. The third kappa shape index (κ3) is 4.53. The third-order valence-electron chi connectivity index (χ3n) is 4.54. The van der Waals surface area contributed by atoms with Crippen LogP contribution in [0.15, 0.2) is 23.1 Å². The van der Waals surface area contributed by atoms with Crippen LogP contribution in [0.25, 0.3) is 6.08 Å². The molecule has 2 aliphatic rings. The first-order valence-corrected chi connectivity index (χ1v) is 9.97. The number of ether oxygens (including phenoxy) is 1. The summed E-state index contributed by atoms with van der Waals surface area (Å²) < 4.78 is 5.02. The molecule has 0 unspecified atom stereocenters. The van der Waals surface area contributed by atoms with Crippen LogP contribution in [-0.2, 0) is 14.3 Å². The van der Waals surface area contributed by atoms with E-state index in [9.17, 15) is 14.4 Å². The minimum absolute atomic E-state index is 0.287. The molecule has 0 saturated carbocycles. The van der Waals surface area contributed by atoms with Crippen LogP contribution in [0.3, 0.4) is 0 Å². The lowest BCUT2D eigenvalue weighted by Gasteiger charge is -2.18. The maximum atomic E-state index is 12.5. The van der Waals surface area contributed by atoms with E-state index in [4.69, 9.17) is 4.74 Å². The molecule has 144 valence electrons. The molecule has 0 bridgehead atoms. The molecular formula is C20H24N2O4S. The average molecular weight is 388 g/mol. The monoisotopic (exact) mass is 388 g/mol. The Kier molecular flexibility index (Phi) is 5.89. The molecule has 1 aromatic carbocycles. The molecular weight excluding hydrogens is 364 g/mol. The van der Waals surface area contributed by atoms with Crippen molar-refractivity contribution in [3.8, 4) is 0 Å². The zero-order chi connectivity index (χ0) is 19.6. The number of anilines is 1. The Morgan fingerprint density at radius 2 is 1.96 bits per heavy atom. The van der Waals surface area contributed by atoms with E-state index in [0.717, 1.165) is 40.9 Å². The highest BCUT2D eigenvalue weighted by Gasteiger charge is 2.36. The van der Waals surface area contributed by atoms with Crippen LogP contribution >= 0.6 is 11.8 Å².